The first kappa shape index (κ1) is 15.2. The molecule has 0 atom stereocenters. The first-order valence-corrected chi connectivity index (χ1v) is 6.36. The fourth-order valence-electron chi connectivity index (χ4n) is 1.59. The van der Waals surface area contributed by atoms with Crippen molar-refractivity contribution in [2.75, 3.05) is 27.2 Å². The Morgan fingerprint density at radius 1 is 1.06 bits per heavy atom. The lowest BCUT2D eigenvalue weighted by atomic mass is 10.1. The third-order valence-corrected chi connectivity index (χ3v) is 2.62. The molecule has 0 saturated carbocycles. The van der Waals surface area contributed by atoms with Crippen LogP contribution in [0.1, 0.15) is 44.9 Å². The second kappa shape index (κ2) is 12.3. The average Bonchev–Trinajstić information content (AvgIpc) is 2.31. The Kier molecular flexibility index (Phi) is 11.7. The van der Waals surface area contributed by atoms with Crippen LogP contribution >= 0.6 is 0 Å². The van der Waals surface area contributed by atoms with E-state index in [4.69, 9.17) is 10.5 Å². The van der Waals surface area contributed by atoms with Gasteiger partial charge in [0.25, 0.3) is 0 Å². The molecule has 0 saturated heterocycles. The summed E-state index contributed by atoms with van der Waals surface area (Å²) in [5.41, 5.74) is 5.46. The lowest BCUT2D eigenvalue weighted by molar-refractivity contribution is -0.468. The molecular formula is C12H28N3O+. The predicted octanol–water partition coefficient (Wildman–Crippen LogP) is -0.0218. The first-order chi connectivity index (χ1) is 7.81. The molecule has 0 heterocycles. The molecule has 96 valence electrons. The van der Waals surface area contributed by atoms with Crippen molar-refractivity contribution in [1.82, 2.24) is 5.32 Å². The van der Waals surface area contributed by atoms with Gasteiger partial charge in [0.1, 0.15) is 0 Å². The largest absolute Gasteiger partial charge is 0.439 e. The standard InChI is InChI=1S/C12H27N3O/c1-14-10-8-6-4-3-5-7-9-11-15-12(13)16-2/h14H,3-11H2,1-2H3,(H2,13,15)/p+1. The van der Waals surface area contributed by atoms with E-state index in [0.717, 1.165) is 13.1 Å². The van der Waals surface area contributed by atoms with Crippen molar-refractivity contribution in [2.24, 2.45) is 5.73 Å². The van der Waals surface area contributed by atoms with Crippen molar-refractivity contribution in [1.29, 1.82) is 0 Å². The van der Waals surface area contributed by atoms with Crippen LogP contribution in [0.5, 0.6) is 0 Å². The van der Waals surface area contributed by atoms with Crippen molar-refractivity contribution in [2.45, 2.75) is 44.9 Å². The van der Waals surface area contributed by atoms with Gasteiger partial charge in [-0.2, -0.15) is 0 Å². The van der Waals surface area contributed by atoms with E-state index in [0.29, 0.717) is 6.02 Å². The van der Waals surface area contributed by atoms with E-state index in [2.05, 4.69) is 10.3 Å². The normalized spacial score (nSPS) is 11.8. The molecule has 0 aliphatic heterocycles. The van der Waals surface area contributed by atoms with Crippen LogP contribution in [0.2, 0.25) is 0 Å². The van der Waals surface area contributed by atoms with E-state index in [1.165, 1.54) is 44.9 Å². The van der Waals surface area contributed by atoms with E-state index in [1.807, 2.05) is 7.05 Å². The number of hydrogen-bond acceptors (Lipinski definition) is 2. The van der Waals surface area contributed by atoms with E-state index in [1.54, 1.807) is 7.11 Å². The molecule has 0 radical (unpaired) electrons. The highest BCUT2D eigenvalue weighted by molar-refractivity contribution is 5.64. The van der Waals surface area contributed by atoms with Crippen LogP contribution in [0, 0.1) is 0 Å². The van der Waals surface area contributed by atoms with Gasteiger partial charge in [0.05, 0.1) is 13.7 Å². The molecule has 0 aliphatic rings. The molecule has 0 aromatic heterocycles. The van der Waals surface area contributed by atoms with Gasteiger partial charge in [-0.05, 0) is 32.9 Å². The van der Waals surface area contributed by atoms with E-state index < -0.39 is 0 Å². The molecule has 0 amide bonds. The molecule has 0 aromatic rings. The van der Waals surface area contributed by atoms with Gasteiger partial charge in [0.2, 0.25) is 0 Å². The summed E-state index contributed by atoms with van der Waals surface area (Å²) in [5, 5.41) is 3.17. The Hall–Kier alpha value is -0.770. The molecule has 0 aromatic carbocycles. The summed E-state index contributed by atoms with van der Waals surface area (Å²) in [7, 11) is 3.59. The van der Waals surface area contributed by atoms with Crippen molar-refractivity contribution in [3.63, 3.8) is 0 Å². The smallest absolute Gasteiger partial charge is 0.435 e. The summed E-state index contributed by atoms with van der Waals surface area (Å²) < 4.78 is 4.81. The van der Waals surface area contributed by atoms with Gasteiger partial charge in [-0.15, -0.1) is 0 Å². The fraction of sp³-hybridized carbons (Fsp3) is 0.917. The van der Waals surface area contributed by atoms with Crippen LogP contribution in [-0.2, 0) is 4.74 Å². The first-order valence-electron chi connectivity index (χ1n) is 6.36. The van der Waals surface area contributed by atoms with Crippen LogP contribution in [-0.4, -0.2) is 33.3 Å². The number of ether oxygens (including phenoxy) is 1. The van der Waals surface area contributed by atoms with Crippen molar-refractivity contribution < 1.29 is 9.73 Å². The highest BCUT2D eigenvalue weighted by Gasteiger charge is 1.95. The third-order valence-electron chi connectivity index (χ3n) is 2.62. The number of unbranched alkanes of at least 4 members (excludes halogenated alkanes) is 6. The third kappa shape index (κ3) is 11.3. The minimum absolute atomic E-state index is 0.423. The Bertz CT molecular complexity index is 172. The van der Waals surface area contributed by atoms with Gasteiger partial charge < -0.3 is 10.1 Å². The molecule has 16 heavy (non-hydrogen) atoms. The number of hydrogen-bond donors (Lipinski definition) is 3. The summed E-state index contributed by atoms with van der Waals surface area (Å²) in [4.78, 5) is 3.02. The van der Waals surface area contributed by atoms with Crippen molar-refractivity contribution in [3.8, 4) is 0 Å². The van der Waals surface area contributed by atoms with Crippen molar-refractivity contribution >= 4 is 6.02 Å². The van der Waals surface area contributed by atoms with Crippen LogP contribution in [0.25, 0.3) is 0 Å². The summed E-state index contributed by atoms with van der Waals surface area (Å²) in [6, 6.07) is 0.423. The van der Waals surface area contributed by atoms with Crippen LogP contribution in [0.3, 0.4) is 0 Å². The maximum Gasteiger partial charge on any atom is 0.439 e. The topological polar surface area (TPSA) is 61.2 Å². The molecule has 4 nitrogen and oxygen atoms in total. The molecule has 0 bridgehead atoms. The molecule has 4 N–H and O–H groups in total. The van der Waals surface area contributed by atoms with Crippen molar-refractivity contribution in [3.05, 3.63) is 0 Å². The molecule has 0 spiro atoms. The van der Waals surface area contributed by atoms with E-state index in [-0.39, 0.29) is 0 Å². The lowest BCUT2D eigenvalue weighted by Crippen LogP contribution is -2.75. The Morgan fingerprint density at radius 2 is 1.62 bits per heavy atom. The van der Waals surface area contributed by atoms with Crippen LogP contribution in [0.4, 0.5) is 0 Å². The molecule has 0 fully saturated rings. The molecular weight excluding hydrogens is 202 g/mol. The monoisotopic (exact) mass is 230 g/mol. The summed E-state index contributed by atoms with van der Waals surface area (Å²) in [5.74, 6) is 0. The molecule has 0 rings (SSSR count). The number of nitrogens with two attached hydrogens (primary N) is 1. The van der Waals surface area contributed by atoms with E-state index >= 15 is 0 Å². The van der Waals surface area contributed by atoms with E-state index in [9.17, 15) is 0 Å². The van der Waals surface area contributed by atoms with Gasteiger partial charge in [0, 0.05) is 0 Å². The number of methoxy groups -OCH3 is 1. The zero-order chi connectivity index (χ0) is 12.1. The zero-order valence-corrected chi connectivity index (χ0v) is 10.8. The number of rotatable bonds is 10. The Labute approximate surface area is 99.7 Å². The quantitative estimate of drug-likeness (QED) is 0.281. The maximum absolute atomic E-state index is 5.46. The number of amidine groups is 1. The lowest BCUT2D eigenvalue weighted by Gasteiger charge is -2.00. The Morgan fingerprint density at radius 3 is 2.19 bits per heavy atom. The summed E-state index contributed by atoms with van der Waals surface area (Å²) in [6.45, 7) is 2.06. The predicted molar refractivity (Wildman–Crippen MR) is 68.3 cm³/mol. The molecule has 0 unspecified atom stereocenters. The Balaban J connectivity index is 3.04. The number of nitrogens with one attached hydrogen (secondary N) is 2. The second-order valence-corrected chi connectivity index (χ2v) is 4.07. The van der Waals surface area contributed by atoms with Gasteiger partial charge in [-0.3, -0.25) is 5.73 Å². The SMILES string of the molecule is CNCCCCCCCCC[NH+]=C(N)OC. The highest BCUT2D eigenvalue weighted by atomic mass is 16.5. The average molecular weight is 230 g/mol. The molecule has 0 aliphatic carbocycles. The summed E-state index contributed by atoms with van der Waals surface area (Å²) in [6.07, 6.45) is 9.14. The minimum Gasteiger partial charge on any atom is -0.435 e. The van der Waals surface area contributed by atoms with Crippen LogP contribution < -0.4 is 16.0 Å². The zero-order valence-electron chi connectivity index (χ0n) is 10.8. The molecule has 4 heteroatoms. The minimum atomic E-state index is 0.423. The van der Waals surface area contributed by atoms with Crippen LogP contribution in [0.15, 0.2) is 0 Å². The van der Waals surface area contributed by atoms with Gasteiger partial charge in [-0.25, -0.2) is 4.99 Å². The van der Waals surface area contributed by atoms with Gasteiger partial charge in [0.15, 0.2) is 0 Å². The fourth-order valence-corrected chi connectivity index (χ4v) is 1.59. The maximum atomic E-state index is 5.46. The highest BCUT2D eigenvalue weighted by Crippen LogP contribution is 2.05. The van der Waals surface area contributed by atoms with Gasteiger partial charge >= 0.3 is 6.02 Å². The summed E-state index contributed by atoms with van der Waals surface area (Å²) >= 11 is 0. The second-order valence-electron chi connectivity index (χ2n) is 4.07. The van der Waals surface area contributed by atoms with Gasteiger partial charge in [-0.1, -0.05) is 25.7 Å².